The van der Waals surface area contributed by atoms with Gasteiger partial charge in [0.1, 0.15) is 26.2 Å². The van der Waals surface area contributed by atoms with Gasteiger partial charge < -0.3 is 9.64 Å². The molecule has 90 valence electrons. The Morgan fingerprint density at radius 1 is 1.18 bits per heavy atom. The Morgan fingerprint density at radius 2 is 1.88 bits per heavy atom. The van der Waals surface area contributed by atoms with Gasteiger partial charge in [0.05, 0.1) is 18.2 Å². The highest BCUT2D eigenvalue weighted by atomic mass is 16.6. The van der Waals surface area contributed by atoms with Crippen LogP contribution in [0.15, 0.2) is 24.3 Å². The van der Waals surface area contributed by atoms with Gasteiger partial charge in [-0.05, 0) is 12.1 Å². The van der Waals surface area contributed by atoms with E-state index in [0.29, 0.717) is 0 Å². The number of piperazine rings is 1. The van der Waals surface area contributed by atoms with Crippen LogP contribution in [0.1, 0.15) is 22.1 Å². The maximum atomic E-state index is 11.7. The molecule has 17 heavy (non-hydrogen) atoms. The fourth-order valence-corrected chi connectivity index (χ4v) is 2.71. The van der Waals surface area contributed by atoms with Crippen LogP contribution in [0.25, 0.3) is 0 Å². The number of carbonyl (C=O) groups is 1. The van der Waals surface area contributed by atoms with Crippen LogP contribution in [-0.4, -0.2) is 39.2 Å². The lowest BCUT2D eigenvalue weighted by Gasteiger charge is -2.30. The summed E-state index contributed by atoms with van der Waals surface area (Å²) in [6.07, 6.45) is -0.0770. The number of esters is 1. The summed E-state index contributed by atoms with van der Waals surface area (Å²) in [6.45, 7) is 4.42. The number of quaternary nitrogens is 2. The van der Waals surface area contributed by atoms with Gasteiger partial charge in [0.15, 0.2) is 0 Å². The van der Waals surface area contributed by atoms with Crippen molar-refractivity contribution in [2.24, 2.45) is 0 Å². The molecule has 0 amide bonds. The Labute approximate surface area is 101 Å². The summed E-state index contributed by atoms with van der Waals surface area (Å²) in [5, 5.41) is 0. The maximum Gasteiger partial charge on any atom is 0.343 e. The lowest BCUT2D eigenvalue weighted by Crippen LogP contribution is -3.27. The number of hydrogen-bond donors (Lipinski definition) is 2. The van der Waals surface area contributed by atoms with Gasteiger partial charge in [-0.2, -0.15) is 0 Å². The molecular weight excluding hydrogens is 216 g/mol. The second kappa shape index (κ2) is 4.13. The summed E-state index contributed by atoms with van der Waals surface area (Å²) in [7, 11) is 2.21. The van der Waals surface area contributed by atoms with Crippen molar-refractivity contribution in [2.45, 2.75) is 6.23 Å². The van der Waals surface area contributed by atoms with Crippen LogP contribution in [0.3, 0.4) is 0 Å². The van der Waals surface area contributed by atoms with Crippen LogP contribution in [0.5, 0.6) is 0 Å². The van der Waals surface area contributed by atoms with E-state index in [1.807, 2.05) is 24.3 Å². The van der Waals surface area contributed by atoms with E-state index in [1.165, 1.54) is 4.90 Å². The Kier molecular flexibility index (Phi) is 2.61. The minimum absolute atomic E-state index is 0.0770. The zero-order valence-corrected chi connectivity index (χ0v) is 10.0. The topological polar surface area (TPSA) is 35.2 Å². The molecule has 0 aromatic heterocycles. The molecule has 1 saturated heterocycles. The first kappa shape index (κ1) is 10.7. The number of nitrogens with one attached hydrogen (secondary N) is 2. The largest absolute Gasteiger partial charge is 0.404 e. The molecule has 1 unspecified atom stereocenters. The summed E-state index contributed by atoms with van der Waals surface area (Å²) in [6, 6.07) is 7.75. The van der Waals surface area contributed by atoms with E-state index in [4.69, 9.17) is 4.74 Å². The van der Waals surface area contributed by atoms with E-state index < -0.39 is 0 Å². The van der Waals surface area contributed by atoms with E-state index in [9.17, 15) is 4.79 Å². The molecule has 1 aromatic carbocycles. The number of ether oxygens (including phenoxy) is 1. The minimum atomic E-state index is -0.163. The Bertz CT molecular complexity index is 439. The third-order valence-electron chi connectivity index (χ3n) is 3.80. The number of hydrogen-bond acceptors (Lipinski definition) is 2. The quantitative estimate of drug-likeness (QED) is 0.566. The predicted molar refractivity (Wildman–Crippen MR) is 61.9 cm³/mol. The Hall–Kier alpha value is -1.39. The van der Waals surface area contributed by atoms with E-state index in [0.717, 1.165) is 37.3 Å². The molecule has 2 aliphatic heterocycles. The number of benzene rings is 1. The molecule has 1 atom stereocenters. The molecule has 0 bridgehead atoms. The zero-order chi connectivity index (χ0) is 11.8. The summed E-state index contributed by atoms with van der Waals surface area (Å²) >= 11 is 0. The highest BCUT2D eigenvalue weighted by Crippen LogP contribution is 2.25. The minimum Gasteiger partial charge on any atom is -0.404 e. The fourth-order valence-electron chi connectivity index (χ4n) is 2.71. The highest BCUT2D eigenvalue weighted by molar-refractivity contribution is 5.93. The first-order valence-electron chi connectivity index (χ1n) is 6.21. The molecule has 2 heterocycles. The molecule has 0 saturated carbocycles. The molecule has 1 fully saturated rings. The summed E-state index contributed by atoms with van der Waals surface area (Å²) in [5.41, 5.74) is 1.81. The molecule has 0 spiro atoms. The molecular formula is C13H18N2O2+2. The average molecular weight is 234 g/mol. The van der Waals surface area contributed by atoms with Crippen LogP contribution < -0.4 is 9.80 Å². The SMILES string of the molecule is C[NH+]1CC[NH+](C2OC(=O)c3ccccc32)CC1. The van der Waals surface area contributed by atoms with Gasteiger partial charge in [-0.15, -0.1) is 0 Å². The summed E-state index contributed by atoms with van der Waals surface area (Å²) in [5.74, 6) is -0.163. The Balaban J connectivity index is 1.84. The molecule has 3 rings (SSSR count). The van der Waals surface area contributed by atoms with Crippen molar-refractivity contribution in [3.63, 3.8) is 0 Å². The fraction of sp³-hybridized carbons (Fsp3) is 0.462. The summed E-state index contributed by atoms with van der Waals surface area (Å²) in [4.78, 5) is 14.7. The Morgan fingerprint density at radius 3 is 2.65 bits per heavy atom. The smallest absolute Gasteiger partial charge is 0.343 e. The maximum absolute atomic E-state index is 11.7. The molecule has 2 N–H and O–H groups in total. The van der Waals surface area contributed by atoms with Gasteiger partial charge in [0, 0.05) is 0 Å². The molecule has 2 aliphatic rings. The van der Waals surface area contributed by atoms with Crippen LogP contribution in [-0.2, 0) is 4.74 Å². The van der Waals surface area contributed by atoms with Gasteiger partial charge in [-0.25, -0.2) is 4.79 Å². The average Bonchev–Trinajstić information content (AvgIpc) is 2.69. The molecule has 1 aromatic rings. The highest BCUT2D eigenvalue weighted by Gasteiger charge is 2.39. The summed E-state index contributed by atoms with van der Waals surface area (Å²) < 4.78 is 5.52. The number of cyclic esters (lactones) is 1. The number of likely N-dealkylation sites (N-methyl/N-ethyl adjacent to an activating group) is 1. The molecule has 4 nitrogen and oxygen atoms in total. The van der Waals surface area contributed by atoms with Crippen LogP contribution >= 0.6 is 0 Å². The van der Waals surface area contributed by atoms with Crippen molar-refractivity contribution < 1.29 is 19.3 Å². The standard InChI is InChI=1S/C13H16N2O2/c1-14-6-8-15(9-7-14)12-10-4-2-3-5-11(10)13(16)17-12/h2-5,12H,6-9H2,1H3/p+2. The van der Waals surface area contributed by atoms with Gasteiger partial charge in [0.2, 0.25) is 0 Å². The number of fused-ring (bicyclic) bond motifs is 1. The van der Waals surface area contributed by atoms with Crippen LogP contribution in [0.4, 0.5) is 0 Å². The van der Waals surface area contributed by atoms with E-state index >= 15 is 0 Å². The van der Waals surface area contributed by atoms with Crippen molar-refractivity contribution >= 4 is 5.97 Å². The monoisotopic (exact) mass is 234 g/mol. The lowest BCUT2D eigenvalue weighted by atomic mass is 10.1. The normalized spacial score (nSPS) is 32.1. The third-order valence-corrected chi connectivity index (χ3v) is 3.80. The second-order valence-electron chi connectivity index (χ2n) is 4.99. The van der Waals surface area contributed by atoms with Gasteiger partial charge in [-0.3, -0.25) is 4.90 Å². The van der Waals surface area contributed by atoms with E-state index in [1.54, 1.807) is 4.90 Å². The first-order valence-corrected chi connectivity index (χ1v) is 6.21. The molecule has 0 aliphatic carbocycles. The van der Waals surface area contributed by atoms with Crippen molar-refractivity contribution in [3.05, 3.63) is 35.4 Å². The molecule has 0 radical (unpaired) electrons. The lowest BCUT2D eigenvalue weighted by molar-refractivity contribution is -1.03. The number of rotatable bonds is 1. The van der Waals surface area contributed by atoms with Crippen molar-refractivity contribution in [3.8, 4) is 0 Å². The predicted octanol–water partition coefficient (Wildman–Crippen LogP) is -1.73. The van der Waals surface area contributed by atoms with E-state index in [-0.39, 0.29) is 12.2 Å². The third kappa shape index (κ3) is 1.83. The van der Waals surface area contributed by atoms with Crippen LogP contribution in [0, 0.1) is 0 Å². The van der Waals surface area contributed by atoms with Gasteiger partial charge in [0.25, 0.3) is 6.23 Å². The van der Waals surface area contributed by atoms with Crippen LogP contribution in [0.2, 0.25) is 0 Å². The van der Waals surface area contributed by atoms with Gasteiger partial charge >= 0.3 is 5.97 Å². The second-order valence-corrected chi connectivity index (χ2v) is 4.99. The number of carbonyl (C=O) groups excluding carboxylic acids is 1. The first-order chi connectivity index (χ1) is 8.25. The molecule has 4 heteroatoms. The zero-order valence-electron chi connectivity index (χ0n) is 10.0. The van der Waals surface area contributed by atoms with Crippen molar-refractivity contribution in [1.29, 1.82) is 0 Å². The van der Waals surface area contributed by atoms with Crippen molar-refractivity contribution in [2.75, 3.05) is 33.2 Å². The van der Waals surface area contributed by atoms with E-state index in [2.05, 4.69) is 7.05 Å². The van der Waals surface area contributed by atoms with Crippen molar-refractivity contribution in [1.82, 2.24) is 0 Å². The van der Waals surface area contributed by atoms with Gasteiger partial charge in [-0.1, -0.05) is 12.1 Å².